The van der Waals surface area contributed by atoms with E-state index in [1.54, 1.807) is 42.5 Å². The topological polar surface area (TPSA) is 66.5 Å². The van der Waals surface area contributed by atoms with E-state index in [0.717, 1.165) is 9.87 Å². The SMILES string of the molecule is Cc1cccc(NC(=O)CN(Cc2ccc(Cl)cc2Cl)S(=O)(=O)c2ccccc2)c1. The van der Waals surface area contributed by atoms with Crippen molar-refractivity contribution in [2.75, 3.05) is 11.9 Å². The Morgan fingerprint density at radius 3 is 2.37 bits per heavy atom. The summed E-state index contributed by atoms with van der Waals surface area (Å²) in [5.74, 6) is -0.454. The number of anilines is 1. The Balaban J connectivity index is 1.89. The lowest BCUT2D eigenvalue weighted by atomic mass is 10.2. The molecule has 0 aliphatic carbocycles. The van der Waals surface area contributed by atoms with Crippen molar-refractivity contribution < 1.29 is 13.2 Å². The Hall–Kier alpha value is -2.38. The maximum absolute atomic E-state index is 13.2. The molecule has 5 nitrogen and oxygen atoms in total. The summed E-state index contributed by atoms with van der Waals surface area (Å²) in [6, 6.07) is 20.1. The highest BCUT2D eigenvalue weighted by atomic mass is 35.5. The van der Waals surface area contributed by atoms with Gasteiger partial charge in [-0.1, -0.05) is 59.6 Å². The minimum atomic E-state index is -3.94. The smallest absolute Gasteiger partial charge is 0.243 e. The quantitative estimate of drug-likeness (QED) is 0.528. The van der Waals surface area contributed by atoms with E-state index < -0.39 is 15.9 Å². The fourth-order valence-electron chi connectivity index (χ4n) is 2.89. The summed E-state index contributed by atoms with van der Waals surface area (Å²) >= 11 is 12.2. The summed E-state index contributed by atoms with van der Waals surface area (Å²) in [5.41, 5.74) is 2.13. The summed E-state index contributed by atoms with van der Waals surface area (Å²) in [6.45, 7) is 1.46. The van der Waals surface area contributed by atoms with Crippen molar-refractivity contribution in [2.45, 2.75) is 18.4 Å². The van der Waals surface area contributed by atoms with Crippen LogP contribution in [-0.4, -0.2) is 25.2 Å². The van der Waals surface area contributed by atoms with Crippen molar-refractivity contribution in [1.29, 1.82) is 0 Å². The number of sulfonamides is 1. The second-order valence-electron chi connectivity index (χ2n) is 6.74. The predicted octanol–water partition coefficient (Wildman–Crippen LogP) is 5.13. The molecule has 0 unspecified atom stereocenters. The van der Waals surface area contributed by atoms with Gasteiger partial charge in [0.2, 0.25) is 15.9 Å². The van der Waals surface area contributed by atoms with Gasteiger partial charge in [0.25, 0.3) is 0 Å². The average molecular weight is 463 g/mol. The monoisotopic (exact) mass is 462 g/mol. The molecule has 1 N–H and O–H groups in total. The van der Waals surface area contributed by atoms with E-state index in [2.05, 4.69) is 5.32 Å². The van der Waals surface area contributed by atoms with Gasteiger partial charge in [-0.15, -0.1) is 0 Å². The van der Waals surface area contributed by atoms with Crippen LogP contribution in [-0.2, 0) is 21.4 Å². The third-order valence-electron chi connectivity index (χ3n) is 4.36. The molecule has 0 spiro atoms. The van der Waals surface area contributed by atoms with Crippen LogP contribution >= 0.6 is 23.2 Å². The zero-order valence-corrected chi connectivity index (χ0v) is 18.5. The molecule has 8 heteroatoms. The van der Waals surface area contributed by atoms with Gasteiger partial charge in [0.1, 0.15) is 0 Å². The van der Waals surface area contributed by atoms with Crippen LogP contribution in [0.2, 0.25) is 10.0 Å². The number of nitrogens with one attached hydrogen (secondary N) is 1. The number of hydrogen-bond acceptors (Lipinski definition) is 3. The Kier molecular flexibility index (Phi) is 7.15. The first-order valence-corrected chi connectivity index (χ1v) is 11.3. The van der Waals surface area contributed by atoms with Crippen LogP contribution in [0, 0.1) is 6.92 Å². The van der Waals surface area contributed by atoms with Crippen molar-refractivity contribution >= 4 is 44.8 Å². The molecule has 0 heterocycles. The second-order valence-corrected chi connectivity index (χ2v) is 9.52. The van der Waals surface area contributed by atoms with Gasteiger partial charge in [-0.3, -0.25) is 4.79 Å². The molecule has 3 aromatic carbocycles. The molecule has 156 valence electrons. The molecule has 0 saturated heterocycles. The molecule has 0 atom stereocenters. The molecule has 0 radical (unpaired) electrons. The Morgan fingerprint density at radius 1 is 0.967 bits per heavy atom. The van der Waals surface area contributed by atoms with Crippen molar-refractivity contribution in [1.82, 2.24) is 4.31 Å². The molecule has 0 aliphatic heterocycles. The fourth-order valence-corrected chi connectivity index (χ4v) is 4.75. The molecular weight excluding hydrogens is 443 g/mol. The van der Waals surface area contributed by atoms with Crippen molar-refractivity contribution in [2.24, 2.45) is 0 Å². The first-order chi connectivity index (χ1) is 14.3. The molecule has 0 fully saturated rings. The number of carbonyl (C=O) groups excluding carboxylic acids is 1. The van der Waals surface area contributed by atoms with Crippen LogP contribution in [0.5, 0.6) is 0 Å². The van der Waals surface area contributed by atoms with Gasteiger partial charge in [-0.2, -0.15) is 4.31 Å². The molecule has 1 amide bonds. The highest BCUT2D eigenvalue weighted by Crippen LogP contribution is 2.25. The number of amides is 1. The molecule has 0 aliphatic rings. The van der Waals surface area contributed by atoms with E-state index in [1.807, 2.05) is 25.1 Å². The maximum atomic E-state index is 13.2. The summed E-state index contributed by atoms with van der Waals surface area (Å²) in [7, 11) is -3.94. The number of hydrogen-bond donors (Lipinski definition) is 1. The minimum absolute atomic E-state index is 0.0749. The lowest BCUT2D eigenvalue weighted by Gasteiger charge is -2.22. The molecule has 30 heavy (non-hydrogen) atoms. The first-order valence-electron chi connectivity index (χ1n) is 9.11. The number of nitrogens with zero attached hydrogens (tertiary/aromatic N) is 1. The molecule has 3 rings (SSSR count). The van der Waals surface area contributed by atoms with E-state index in [1.165, 1.54) is 12.1 Å². The summed E-state index contributed by atoms with van der Waals surface area (Å²) < 4.78 is 27.6. The van der Waals surface area contributed by atoms with Crippen LogP contribution in [0.15, 0.2) is 77.7 Å². The molecule has 3 aromatic rings. The summed E-state index contributed by atoms with van der Waals surface area (Å²) in [6.07, 6.45) is 0. The van der Waals surface area contributed by atoms with Crippen LogP contribution in [0.1, 0.15) is 11.1 Å². The third kappa shape index (κ3) is 5.61. The second kappa shape index (κ2) is 9.62. The Labute approximate surface area is 186 Å². The van der Waals surface area contributed by atoms with Crippen LogP contribution < -0.4 is 5.32 Å². The number of halogens is 2. The van der Waals surface area contributed by atoms with Gasteiger partial charge in [-0.25, -0.2) is 8.42 Å². The van der Waals surface area contributed by atoms with Gasteiger partial charge >= 0.3 is 0 Å². The molecular formula is C22H20Cl2N2O3S. The largest absolute Gasteiger partial charge is 0.325 e. The Morgan fingerprint density at radius 2 is 1.70 bits per heavy atom. The van der Waals surface area contributed by atoms with Crippen molar-refractivity contribution in [3.05, 3.63) is 94.0 Å². The van der Waals surface area contributed by atoms with Gasteiger partial charge in [0, 0.05) is 22.3 Å². The molecule has 0 bridgehead atoms. The molecule has 0 aromatic heterocycles. The standard InChI is InChI=1S/C22H20Cl2N2O3S/c1-16-6-5-7-19(12-16)25-22(27)15-26(14-17-10-11-18(23)13-21(17)24)30(28,29)20-8-3-2-4-9-20/h2-13H,14-15H2,1H3,(H,25,27). The van der Waals surface area contributed by atoms with Gasteiger partial charge in [0.15, 0.2) is 0 Å². The van der Waals surface area contributed by atoms with E-state index in [4.69, 9.17) is 23.2 Å². The minimum Gasteiger partial charge on any atom is -0.325 e. The number of carbonyl (C=O) groups is 1. The van der Waals surface area contributed by atoms with E-state index in [-0.39, 0.29) is 18.0 Å². The highest BCUT2D eigenvalue weighted by Gasteiger charge is 2.27. The van der Waals surface area contributed by atoms with Crippen LogP contribution in [0.3, 0.4) is 0 Å². The zero-order valence-electron chi connectivity index (χ0n) is 16.2. The van der Waals surface area contributed by atoms with Crippen molar-refractivity contribution in [3.8, 4) is 0 Å². The van der Waals surface area contributed by atoms with Gasteiger partial charge in [0.05, 0.1) is 11.4 Å². The maximum Gasteiger partial charge on any atom is 0.243 e. The summed E-state index contributed by atoms with van der Waals surface area (Å²) in [5, 5.41) is 3.52. The zero-order chi connectivity index (χ0) is 21.7. The number of benzene rings is 3. The third-order valence-corrected chi connectivity index (χ3v) is 6.76. The normalized spacial score (nSPS) is 11.5. The van der Waals surface area contributed by atoms with Crippen LogP contribution in [0.25, 0.3) is 0 Å². The predicted molar refractivity (Wildman–Crippen MR) is 120 cm³/mol. The lowest BCUT2D eigenvalue weighted by Crippen LogP contribution is -2.37. The van der Waals surface area contributed by atoms with Crippen LogP contribution in [0.4, 0.5) is 5.69 Å². The summed E-state index contributed by atoms with van der Waals surface area (Å²) in [4.78, 5) is 12.8. The number of rotatable bonds is 7. The Bertz CT molecular complexity index is 1150. The van der Waals surface area contributed by atoms with Crippen molar-refractivity contribution in [3.63, 3.8) is 0 Å². The van der Waals surface area contributed by atoms with Gasteiger partial charge < -0.3 is 5.32 Å². The fraction of sp³-hybridized carbons (Fsp3) is 0.136. The molecule has 0 saturated carbocycles. The van der Waals surface area contributed by atoms with E-state index >= 15 is 0 Å². The van der Waals surface area contributed by atoms with E-state index in [0.29, 0.717) is 21.3 Å². The average Bonchev–Trinajstić information content (AvgIpc) is 2.70. The first kappa shape index (κ1) is 22.3. The number of aryl methyl sites for hydroxylation is 1. The van der Waals surface area contributed by atoms with Gasteiger partial charge in [-0.05, 0) is 54.4 Å². The lowest BCUT2D eigenvalue weighted by molar-refractivity contribution is -0.116. The van der Waals surface area contributed by atoms with E-state index in [9.17, 15) is 13.2 Å². The highest BCUT2D eigenvalue weighted by molar-refractivity contribution is 7.89.